The van der Waals surface area contributed by atoms with Crippen LogP contribution >= 0.6 is 0 Å². The van der Waals surface area contributed by atoms with Crippen molar-refractivity contribution in [2.45, 2.75) is 64.2 Å². The van der Waals surface area contributed by atoms with Crippen molar-refractivity contribution in [2.75, 3.05) is 0 Å². The van der Waals surface area contributed by atoms with Crippen molar-refractivity contribution in [3.63, 3.8) is 0 Å². The topological polar surface area (TPSA) is 40.5 Å². The maximum atomic E-state index is 9.92. The molecule has 130 valence electrons. The van der Waals surface area contributed by atoms with Crippen LogP contribution in [0.5, 0.6) is 11.5 Å². The average Bonchev–Trinajstić information content (AvgIpc) is 2.58. The lowest BCUT2D eigenvalue weighted by molar-refractivity contribution is 0.438. The van der Waals surface area contributed by atoms with Crippen molar-refractivity contribution < 1.29 is 10.2 Å². The fourth-order valence-electron chi connectivity index (χ4n) is 3.56. The van der Waals surface area contributed by atoms with Gasteiger partial charge in [0.05, 0.1) is 0 Å². The lowest BCUT2D eigenvalue weighted by Crippen LogP contribution is -2.12. The lowest BCUT2D eigenvalue weighted by atomic mass is 9.76. The molecule has 0 spiro atoms. The molecule has 0 aromatic heterocycles. The summed E-state index contributed by atoms with van der Waals surface area (Å²) in [6.07, 6.45) is 6.86. The van der Waals surface area contributed by atoms with Gasteiger partial charge in [-0.15, -0.1) is 0 Å². The highest BCUT2D eigenvalue weighted by molar-refractivity contribution is 5.36. The van der Waals surface area contributed by atoms with Crippen LogP contribution in [0.4, 0.5) is 0 Å². The molecule has 0 aliphatic heterocycles. The third-order valence-corrected chi connectivity index (χ3v) is 4.82. The largest absolute Gasteiger partial charge is 0.508 e. The van der Waals surface area contributed by atoms with Gasteiger partial charge in [0, 0.05) is 0 Å². The molecule has 2 N–H and O–H groups in total. The number of phenols is 2. The Balaban J connectivity index is 2.39. The molecule has 2 aromatic rings. The number of aromatic hydroxyl groups is 2. The first-order valence-electron chi connectivity index (χ1n) is 9.23. The van der Waals surface area contributed by atoms with Gasteiger partial charge < -0.3 is 10.2 Å². The third-order valence-electron chi connectivity index (χ3n) is 4.82. The summed E-state index contributed by atoms with van der Waals surface area (Å²) >= 11 is 0. The van der Waals surface area contributed by atoms with Crippen molar-refractivity contribution in [3.05, 3.63) is 59.7 Å². The fourth-order valence-corrected chi connectivity index (χ4v) is 3.56. The summed E-state index contributed by atoms with van der Waals surface area (Å²) < 4.78 is 0. The Morgan fingerprint density at radius 2 is 1.12 bits per heavy atom. The van der Waals surface area contributed by atoms with E-state index < -0.39 is 0 Å². The quantitative estimate of drug-likeness (QED) is 0.564. The van der Waals surface area contributed by atoms with Gasteiger partial charge in [0.2, 0.25) is 0 Å². The normalized spacial score (nSPS) is 13.6. The van der Waals surface area contributed by atoms with E-state index in [0.717, 1.165) is 25.7 Å². The van der Waals surface area contributed by atoms with Crippen molar-refractivity contribution >= 4 is 0 Å². The second kappa shape index (κ2) is 9.36. The highest BCUT2D eigenvalue weighted by atomic mass is 16.3. The molecule has 0 radical (unpaired) electrons. The van der Waals surface area contributed by atoms with Gasteiger partial charge in [-0.3, -0.25) is 0 Å². The summed E-state index contributed by atoms with van der Waals surface area (Å²) in [5.41, 5.74) is 2.40. The zero-order valence-corrected chi connectivity index (χ0v) is 14.9. The second-order valence-electron chi connectivity index (χ2n) is 6.69. The standard InChI is InChI=1S/C22H30O2/c1-3-5-13-21(17-9-7-11-19(23)15-17)22(14-6-4-2)18-10-8-12-20(24)16-18/h7-12,15-16,21-24H,3-6,13-14H2,1-2H3/t21-,22-/m1/s1. The highest BCUT2D eigenvalue weighted by Gasteiger charge is 2.24. The summed E-state index contributed by atoms with van der Waals surface area (Å²) in [4.78, 5) is 0. The summed E-state index contributed by atoms with van der Waals surface area (Å²) in [6, 6.07) is 15.4. The van der Waals surface area contributed by atoms with Gasteiger partial charge in [-0.2, -0.15) is 0 Å². The van der Waals surface area contributed by atoms with Gasteiger partial charge in [-0.05, 0) is 60.1 Å². The monoisotopic (exact) mass is 326 g/mol. The molecule has 2 nitrogen and oxygen atoms in total. The number of phenolic OH excluding ortho intramolecular Hbond substituents is 2. The van der Waals surface area contributed by atoms with E-state index in [0.29, 0.717) is 23.3 Å². The van der Waals surface area contributed by atoms with Crippen molar-refractivity contribution in [2.24, 2.45) is 0 Å². The first kappa shape index (κ1) is 18.4. The van der Waals surface area contributed by atoms with Gasteiger partial charge in [0.15, 0.2) is 0 Å². The van der Waals surface area contributed by atoms with Crippen LogP contribution in [0.2, 0.25) is 0 Å². The molecule has 0 saturated carbocycles. The zero-order valence-electron chi connectivity index (χ0n) is 14.9. The van der Waals surface area contributed by atoms with Gasteiger partial charge >= 0.3 is 0 Å². The second-order valence-corrected chi connectivity index (χ2v) is 6.69. The molecule has 2 heteroatoms. The maximum Gasteiger partial charge on any atom is 0.115 e. The van der Waals surface area contributed by atoms with Crippen molar-refractivity contribution in [1.82, 2.24) is 0 Å². The molecule has 0 unspecified atom stereocenters. The van der Waals surface area contributed by atoms with Gasteiger partial charge in [-0.1, -0.05) is 63.8 Å². The molecule has 0 amide bonds. The lowest BCUT2D eigenvalue weighted by Gasteiger charge is -2.28. The number of unbranched alkanes of at least 4 members (excludes halogenated alkanes) is 2. The van der Waals surface area contributed by atoms with Crippen LogP contribution in [0.1, 0.15) is 75.3 Å². The molecule has 2 atom stereocenters. The summed E-state index contributed by atoms with van der Waals surface area (Å²) in [5, 5.41) is 19.8. The number of hydrogen-bond acceptors (Lipinski definition) is 2. The minimum absolute atomic E-state index is 0.333. The van der Waals surface area contributed by atoms with Gasteiger partial charge in [0.25, 0.3) is 0 Å². The van der Waals surface area contributed by atoms with Crippen LogP contribution in [-0.4, -0.2) is 10.2 Å². The molecule has 24 heavy (non-hydrogen) atoms. The van der Waals surface area contributed by atoms with E-state index >= 15 is 0 Å². The SMILES string of the molecule is CCCC[C@H](c1cccc(O)c1)[C@H](CCCC)c1cccc(O)c1. The molecular weight excluding hydrogens is 296 g/mol. The number of benzene rings is 2. The summed E-state index contributed by atoms with van der Waals surface area (Å²) in [7, 11) is 0. The Labute approximate surface area is 146 Å². The zero-order chi connectivity index (χ0) is 17.4. The highest BCUT2D eigenvalue weighted by Crippen LogP contribution is 2.41. The van der Waals surface area contributed by atoms with Crippen LogP contribution in [0.3, 0.4) is 0 Å². The van der Waals surface area contributed by atoms with E-state index in [4.69, 9.17) is 0 Å². The van der Waals surface area contributed by atoms with Crippen LogP contribution in [0.15, 0.2) is 48.5 Å². The molecule has 0 aliphatic rings. The molecule has 0 saturated heterocycles. The minimum Gasteiger partial charge on any atom is -0.508 e. The predicted molar refractivity (Wildman–Crippen MR) is 101 cm³/mol. The molecule has 0 bridgehead atoms. The Morgan fingerprint density at radius 1 is 0.708 bits per heavy atom. The summed E-state index contributed by atoms with van der Waals surface area (Å²) in [6.45, 7) is 4.43. The van der Waals surface area contributed by atoms with Crippen molar-refractivity contribution in [1.29, 1.82) is 0 Å². The number of hydrogen-bond donors (Lipinski definition) is 2. The maximum absolute atomic E-state index is 9.92. The van der Waals surface area contributed by atoms with E-state index in [1.54, 1.807) is 12.1 Å². The fraction of sp³-hybridized carbons (Fsp3) is 0.455. The van der Waals surface area contributed by atoms with Gasteiger partial charge in [0.1, 0.15) is 11.5 Å². The van der Waals surface area contributed by atoms with Crippen molar-refractivity contribution in [3.8, 4) is 11.5 Å². The molecule has 0 aliphatic carbocycles. The Bertz CT molecular complexity index is 565. The van der Waals surface area contributed by atoms with Crippen LogP contribution < -0.4 is 0 Å². The summed E-state index contributed by atoms with van der Waals surface area (Å²) in [5.74, 6) is 1.40. The van der Waals surface area contributed by atoms with Gasteiger partial charge in [-0.25, -0.2) is 0 Å². The molecule has 0 fully saturated rings. The predicted octanol–water partition coefficient (Wildman–Crippen LogP) is 6.35. The third kappa shape index (κ3) is 5.02. The van der Waals surface area contributed by atoms with Crippen LogP contribution in [0, 0.1) is 0 Å². The van der Waals surface area contributed by atoms with Crippen LogP contribution in [0.25, 0.3) is 0 Å². The molecule has 2 rings (SSSR count). The Hall–Kier alpha value is -1.96. The smallest absolute Gasteiger partial charge is 0.115 e. The van der Waals surface area contributed by atoms with E-state index in [1.807, 2.05) is 24.3 Å². The Morgan fingerprint density at radius 3 is 1.46 bits per heavy atom. The minimum atomic E-state index is 0.333. The van der Waals surface area contributed by atoms with E-state index in [9.17, 15) is 10.2 Å². The first-order valence-corrected chi connectivity index (χ1v) is 9.23. The average molecular weight is 326 g/mol. The van der Waals surface area contributed by atoms with E-state index in [-0.39, 0.29) is 0 Å². The molecular formula is C22H30O2. The van der Waals surface area contributed by atoms with E-state index in [2.05, 4.69) is 26.0 Å². The molecule has 2 aromatic carbocycles. The number of rotatable bonds is 9. The molecule has 0 heterocycles. The van der Waals surface area contributed by atoms with Crippen LogP contribution in [-0.2, 0) is 0 Å². The first-order chi connectivity index (χ1) is 11.7. The van der Waals surface area contributed by atoms with E-state index in [1.165, 1.54) is 24.0 Å². The Kier molecular flexibility index (Phi) is 7.17.